The number of aromatic nitrogens is 4. The summed E-state index contributed by atoms with van der Waals surface area (Å²) in [6.45, 7) is 0. The summed E-state index contributed by atoms with van der Waals surface area (Å²) in [5.41, 5.74) is 21.1. The van der Waals surface area contributed by atoms with E-state index in [4.69, 9.17) is 17.2 Å². The number of primary amides is 2. The van der Waals surface area contributed by atoms with Crippen LogP contribution in [0.3, 0.4) is 0 Å². The minimum Gasteiger partial charge on any atom is -0.366 e. The number of tetrazole rings is 1. The molecule has 1 heterocycles. The van der Waals surface area contributed by atoms with Crippen molar-refractivity contribution in [3.05, 3.63) is 75.6 Å². The fraction of sp³-hybridized carbons (Fsp3) is 0.250. The van der Waals surface area contributed by atoms with Gasteiger partial charge in [-0.05, 0) is 65.8 Å². The number of rotatable bonds is 5. The van der Waals surface area contributed by atoms with Crippen molar-refractivity contribution in [3.8, 4) is 0 Å². The quantitative estimate of drug-likeness (QED) is 0.223. The van der Waals surface area contributed by atoms with Crippen molar-refractivity contribution in [2.75, 3.05) is 0 Å². The molecule has 7 N–H and O–H groups in total. The van der Waals surface area contributed by atoms with E-state index in [1.54, 1.807) is 12.1 Å². The van der Waals surface area contributed by atoms with Crippen LogP contribution in [-0.4, -0.2) is 36.5 Å². The minimum atomic E-state index is -0.818. The van der Waals surface area contributed by atoms with Gasteiger partial charge in [-0.2, -0.15) is 5.21 Å². The molecule has 30 heavy (non-hydrogen) atoms. The molecule has 0 unspecified atom stereocenters. The topological polar surface area (TPSA) is 167 Å². The highest BCUT2D eigenvalue weighted by molar-refractivity contribution is 14.1. The second-order valence-electron chi connectivity index (χ2n) is 7.33. The van der Waals surface area contributed by atoms with Crippen molar-refractivity contribution < 1.29 is 9.59 Å². The predicted octanol–water partition coefficient (Wildman–Crippen LogP) is 0.940. The van der Waals surface area contributed by atoms with Crippen LogP contribution >= 0.6 is 22.6 Å². The Hall–Kier alpha value is -2.86. The molecule has 0 spiro atoms. The molecule has 1 aromatic heterocycles. The number of carbonyl (C=O) groups excluding carboxylic acids is 2. The first-order valence-corrected chi connectivity index (χ1v) is 10.6. The Kier molecular flexibility index (Phi) is 5.28. The number of H-pyrrole nitrogens is 1. The largest absolute Gasteiger partial charge is 0.366 e. The van der Waals surface area contributed by atoms with Crippen molar-refractivity contribution in [1.29, 1.82) is 0 Å². The predicted molar refractivity (Wildman–Crippen MR) is 118 cm³/mol. The maximum Gasteiger partial charge on any atom is 0.248 e. The summed E-state index contributed by atoms with van der Waals surface area (Å²) >= 11 is 2.17. The normalized spacial score (nSPS) is 15.5. The number of hydrogen-bond acceptors (Lipinski definition) is 6. The third-order valence-electron chi connectivity index (χ3n) is 5.59. The van der Waals surface area contributed by atoms with E-state index in [9.17, 15) is 9.59 Å². The first-order chi connectivity index (χ1) is 14.3. The van der Waals surface area contributed by atoms with E-state index in [2.05, 4.69) is 43.2 Å². The summed E-state index contributed by atoms with van der Waals surface area (Å²) < 4.78 is -0.230. The molecule has 9 nitrogen and oxygen atoms in total. The summed E-state index contributed by atoms with van der Waals surface area (Å²) in [4.78, 5) is 23.6. The molecule has 2 aromatic carbocycles. The number of aryl methyl sites for hydroxylation is 2. The number of benzene rings is 2. The number of nitrogens with one attached hydrogen (secondary N) is 1. The van der Waals surface area contributed by atoms with E-state index in [1.807, 2.05) is 24.3 Å². The molecular weight excluding hydrogens is 497 g/mol. The number of aromatic amines is 1. The average Bonchev–Trinajstić information content (AvgIpc) is 3.21. The standard InChI is InChI=1S/C20H20IN7O2/c21-16(22)9-20(19-25-27-28-26-19)14-5-3-12(17(23)29)7-10(14)1-2-11-8-13(18(24)30)4-6-15(11)20/h3-8,16H,1-2,9,22H2,(H2,23,29)(H2,24,30)(H,25,26,27,28)/t16-/m0/s1. The maximum atomic E-state index is 11.8. The summed E-state index contributed by atoms with van der Waals surface area (Å²) in [6, 6.07) is 10.8. The second-order valence-corrected chi connectivity index (χ2v) is 8.93. The number of hydrogen-bond donors (Lipinski definition) is 4. The van der Waals surface area contributed by atoms with Crippen molar-refractivity contribution in [1.82, 2.24) is 20.6 Å². The first-order valence-electron chi connectivity index (χ1n) is 9.33. The zero-order valence-corrected chi connectivity index (χ0v) is 18.1. The van der Waals surface area contributed by atoms with Gasteiger partial charge in [-0.1, -0.05) is 39.9 Å². The summed E-state index contributed by atoms with van der Waals surface area (Å²) in [6.07, 6.45) is 1.77. The lowest BCUT2D eigenvalue weighted by molar-refractivity contribution is 0.0991. The van der Waals surface area contributed by atoms with Gasteiger partial charge in [-0.3, -0.25) is 9.59 Å². The van der Waals surface area contributed by atoms with Gasteiger partial charge in [0.05, 0.1) is 9.46 Å². The maximum absolute atomic E-state index is 11.8. The molecule has 0 aliphatic heterocycles. The van der Waals surface area contributed by atoms with Crippen LogP contribution in [0.15, 0.2) is 36.4 Å². The van der Waals surface area contributed by atoms with Crippen LogP contribution in [0, 0.1) is 0 Å². The van der Waals surface area contributed by atoms with Gasteiger partial charge in [0.1, 0.15) is 0 Å². The Morgan fingerprint density at radius 3 is 1.97 bits per heavy atom. The van der Waals surface area contributed by atoms with E-state index >= 15 is 0 Å². The SMILES string of the molecule is NC(=O)c1ccc2c(c1)CCc1cc(C(N)=O)ccc1C2(C[C@H](N)I)c1nn[nH]n1. The summed E-state index contributed by atoms with van der Waals surface area (Å²) in [7, 11) is 0. The Morgan fingerprint density at radius 1 is 1.03 bits per heavy atom. The number of halogens is 1. The fourth-order valence-corrected chi connectivity index (χ4v) is 5.00. The van der Waals surface area contributed by atoms with Crippen LogP contribution in [0.1, 0.15) is 55.2 Å². The van der Waals surface area contributed by atoms with Gasteiger partial charge in [0, 0.05) is 11.1 Å². The molecule has 1 aliphatic carbocycles. The van der Waals surface area contributed by atoms with E-state index in [0.29, 0.717) is 36.2 Å². The number of nitrogens with two attached hydrogens (primary N) is 3. The Bertz CT molecular complexity index is 1060. The Balaban J connectivity index is 2.07. The zero-order valence-electron chi connectivity index (χ0n) is 15.9. The van der Waals surface area contributed by atoms with Crippen molar-refractivity contribution in [2.24, 2.45) is 17.2 Å². The minimum absolute atomic E-state index is 0.230. The highest BCUT2D eigenvalue weighted by atomic mass is 127. The van der Waals surface area contributed by atoms with E-state index < -0.39 is 17.2 Å². The number of nitrogens with zero attached hydrogens (tertiary/aromatic N) is 3. The van der Waals surface area contributed by atoms with Crippen LogP contribution < -0.4 is 17.2 Å². The molecule has 10 heteroatoms. The average molecular weight is 517 g/mol. The number of fused-ring (bicyclic) bond motifs is 2. The second kappa shape index (κ2) is 7.76. The molecule has 0 bridgehead atoms. The van der Waals surface area contributed by atoms with Gasteiger partial charge in [-0.25, -0.2) is 0 Å². The lowest BCUT2D eigenvalue weighted by Crippen LogP contribution is -2.37. The van der Waals surface area contributed by atoms with Gasteiger partial charge < -0.3 is 17.2 Å². The van der Waals surface area contributed by atoms with Gasteiger partial charge in [0.25, 0.3) is 0 Å². The molecule has 3 aromatic rings. The van der Waals surface area contributed by atoms with E-state index in [1.165, 1.54) is 0 Å². The number of carbonyl (C=O) groups is 2. The molecule has 0 radical (unpaired) electrons. The van der Waals surface area contributed by atoms with Crippen LogP contribution in [0.4, 0.5) is 0 Å². The number of alkyl halides is 1. The third kappa shape index (κ3) is 3.35. The van der Waals surface area contributed by atoms with Crippen molar-refractivity contribution in [2.45, 2.75) is 28.7 Å². The zero-order chi connectivity index (χ0) is 21.5. The molecule has 154 valence electrons. The highest BCUT2D eigenvalue weighted by Gasteiger charge is 2.45. The van der Waals surface area contributed by atoms with Crippen molar-refractivity contribution >= 4 is 34.4 Å². The molecule has 1 aliphatic rings. The fourth-order valence-electron chi connectivity index (χ4n) is 4.34. The smallest absolute Gasteiger partial charge is 0.248 e. The molecule has 4 rings (SSSR count). The van der Waals surface area contributed by atoms with Crippen LogP contribution in [-0.2, 0) is 18.3 Å². The number of amides is 2. The summed E-state index contributed by atoms with van der Waals surface area (Å²) in [5.74, 6) is -0.518. The molecule has 0 saturated carbocycles. The Labute approximate surface area is 185 Å². The van der Waals surface area contributed by atoms with Gasteiger partial charge in [-0.15, -0.1) is 10.2 Å². The van der Waals surface area contributed by atoms with Crippen LogP contribution in [0.5, 0.6) is 0 Å². The molecule has 2 amide bonds. The lowest BCUT2D eigenvalue weighted by atomic mass is 9.69. The highest BCUT2D eigenvalue weighted by Crippen LogP contribution is 2.47. The van der Waals surface area contributed by atoms with Crippen molar-refractivity contribution in [3.63, 3.8) is 0 Å². The lowest BCUT2D eigenvalue weighted by Gasteiger charge is -2.35. The Morgan fingerprint density at radius 2 is 1.57 bits per heavy atom. The van der Waals surface area contributed by atoms with Gasteiger partial charge in [0.15, 0.2) is 5.82 Å². The van der Waals surface area contributed by atoms with E-state index in [0.717, 1.165) is 22.3 Å². The monoisotopic (exact) mass is 517 g/mol. The van der Waals surface area contributed by atoms with Gasteiger partial charge >= 0.3 is 0 Å². The summed E-state index contributed by atoms with van der Waals surface area (Å²) in [5, 5.41) is 15.0. The van der Waals surface area contributed by atoms with Crippen LogP contribution in [0.2, 0.25) is 0 Å². The molecule has 0 fully saturated rings. The van der Waals surface area contributed by atoms with E-state index in [-0.39, 0.29) is 4.05 Å². The van der Waals surface area contributed by atoms with Crippen LogP contribution in [0.25, 0.3) is 0 Å². The third-order valence-corrected chi connectivity index (χ3v) is 6.03. The molecular formula is C20H20IN7O2. The molecule has 0 saturated heterocycles. The van der Waals surface area contributed by atoms with Gasteiger partial charge in [0.2, 0.25) is 11.8 Å². The molecule has 1 atom stereocenters. The first kappa shape index (κ1) is 20.4.